The number of aromatic amines is 1. The first kappa shape index (κ1) is 14.8. The molecule has 0 bridgehead atoms. The number of carbonyl (C=O) groups is 1. The molecule has 2 heterocycles. The van der Waals surface area contributed by atoms with E-state index in [2.05, 4.69) is 19.4 Å². The van der Waals surface area contributed by atoms with Gasteiger partial charge in [0, 0.05) is 0 Å². The monoisotopic (exact) mass is 483 g/mol. The Morgan fingerprint density at radius 2 is 2.32 bits per heavy atom. The summed E-state index contributed by atoms with van der Waals surface area (Å²) in [5.41, 5.74) is 2.27. The van der Waals surface area contributed by atoms with E-state index in [-0.39, 0.29) is 5.01 Å². The number of nitrogens with zero attached hydrogens (tertiary/aromatic N) is 2. The van der Waals surface area contributed by atoms with Crippen LogP contribution in [0.4, 0.5) is 0 Å². The molecule has 0 fully saturated rings. The third kappa shape index (κ3) is 3.48. The topological polar surface area (TPSA) is 58.6 Å². The van der Waals surface area contributed by atoms with Crippen molar-refractivity contribution in [3.05, 3.63) is 26.9 Å². The standard InChI is InChI=1S/C11H7Cl2N3OS.W/c1-5(2)3-7-14-4-6(15-7)8-10(13)18-11(16-8)9(12)17;/h1,3-4H,2H3,(H,14,15);/b5-3+;. The van der Waals surface area contributed by atoms with Crippen LogP contribution in [0.2, 0.25) is 4.34 Å². The van der Waals surface area contributed by atoms with Gasteiger partial charge in [-0.1, -0.05) is 0 Å². The number of hydrogen-bond acceptors (Lipinski definition) is 4. The second kappa shape index (κ2) is 6.23. The van der Waals surface area contributed by atoms with Gasteiger partial charge in [0.1, 0.15) is 0 Å². The molecular weight excluding hydrogens is 477 g/mol. The molecule has 0 radical (unpaired) electrons. The molecule has 4 nitrogen and oxygen atoms in total. The Balaban J connectivity index is 2.38. The average molecular weight is 484 g/mol. The molecule has 0 aliphatic heterocycles. The zero-order valence-corrected chi connectivity index (χ0v) is 14.9. The predicted molar refractivity (Wildman–Crippen MR) is 74.6 cm³/mol. The maximum atomic E-state index is 11.0. The molecule has 98 valence electrons. The Kier molecular flexibility index (Phi) is 4.85. The summed E-state index contributed by atoms with van der Waals surface area (Å²) in [4.78, 5) is 22.5. The Hall–Kier alpha value is -0.612. The van der Waals surface area contributed by atoms with E-state index in [0.717, 1.165) is 16.9 Å². The van der Waals surface area contributed by atoms with Crippen molar-refractivity contribution in [2.24, 2.45) is 0 Å². The van der Waals surface area contributed by atoms with Crippen LogP contribution in [0.15, 0.2) is 11.8 Å². The molecule has 0 saturated carbocycles. The van der Waals surface area contributed by atoms with E-state index in [1.807, 2.05) is 13.0 Å². The number of imidazole rings is 1. The summed E-state index contributed by atoms with van der Waals surface area (Å²) in [6.45, 7) is 2.00. The number of H-pyrrole nitrogens is 1. The van der Waals surface area contributed by atoms with Gasteiger partial charge in [0.05, 0.1) is 0 Å². The van der Waals surface area contributed by atoms with Crippen LogP contribution in [0.5, 0.6) is 0 Å². The second-order valence-electron chi connectivity index (χ2n) is 3.60. The number of allylic oxidation sites excluding steroid dienone is 1. The summed E-state index contributed by atoms with van der Waals surface area (Å²) >= 11 is 13.9. The van der Waals surface area contributed by atoms with E-state index in [1.165, 1.54) is 19.4 Å². The van der Waals surface area contributed by atoms with Crippen LogP contribution in [0, 0.1) is 0 Å². The summed E-state index contributed by atoms with van der Waals surface area (Å²) in [7, 11) is 0. The normalized spacial score (nSPS) is 11.6. The summed E-state index contributed by atoms with van der Waals surface area (Å²) in [5, 5.41) is -0.438. The van der Waals surface area contributed by atoms with Gasteiger partial charge in [-0.3, -0.25) is 0 Å². The van der Waals surface area contributed by atoms with Crippen molar-refractivity contribution < 1.29 is 24.1 Å². The van der Waals surface area contributed by atoms with Crippen molar-refractivity contribution >= 4 is 50.3 Å². The SMILES string of the molecule is C/C([CH]=[W])=C/c1ncc(-c2nc(C(=O)Cl)sc2Cl)[nH]1. The van der Waals surface area contributed by atoms with Crippen LogP contribution in [-0.4, -0.2) is 24.6 Å². The molecule has 2 rings (SSSR count). The molecule has 0 aromatic carbocycles. The van der Waals surface area contributed by atoms with Gasteiger partial charge in [-0.05, 0) is 0 Å². The number of aromatic nitrogens is 3. The fourth-order valence-corrected chi connectivity index (χ4v) is 2.74. The van der Waals surface area contributed by atoms with Crippen LogP contribution in [0.1, 0.15) is 22.6 Å². The van der Waals surface area contributed by atoms with Crippen LogP contribution >= 0.6 is 34.5 Å². The molecule has 0 atom stereocenters. The summed E-state index contributed by atoms with van der Waals surface area (Å²) in [5.74, 6) is 0.716. The molecule has 0 spiro atoms. The number of nitrogens with one attached hydrogen (secondary N) is 1. The third-order valence-electron chi connectivity index (χ3n) is 2.15. The first-order valence-corrected chi connectivity index (χ1v) is 8.33. The van der Waals surface area contributed by atoms with Crippen LogP contribution in [0.3, 0.4) is 0 Å². The van der Waals surface area contributed by atoms with Crippen molar-refractivity contribution in [1.82, 2.24) is 15.0 Å². The van der Waals surface area contributed by atoms with Gasteiger partial charge in [-0.25, -0.2) is 0 Å². The van der Waals surface area contributed by atoms with Gasteiger partial charge in [-0.15, -0.1) is 0 Å². The fraction of sp³-hybridized carbons (Fsp3) is 0.0909. The molecule has 0 aliphatic carbocycles. The van der Waals surface area contributed by atoms with E-state index >= 15 is 0 Å². The molecule has 2 aromatic heterocycles. The Morgan fingerprint density at radius 3 is 2.89 bits per heavy atom. The molecule has 0 unspecified atom stereocenters. The van der Waals surface area contributed by atoms with Gasteiger partial charge in [-0.2, -0.15) is 0 Å². The molecule has 19 heavy (non-hydrogen) atoms. The summed E-state index contributed by atoms with van der Waals surface area (Å²) < 4.78 is 2.47. The first-order chi connectivity index (χ1) is 9.01. The Morgan fingerprint density at radius 1 is 1.58 bits per heavy atom. The third-order valence-corrected chi connectivity index (χ3v) is 5.03. The average Bonchev–Trinajstić information content (AvgIpc) is 2.95. The van der Waals surface area contributed by atoms with Crippen molar-refractivity contribution in [3.63, 3.8) is 0 Å². The summed E-state index contributed by atoms with van der Waals surface area (Å²) in [6, 6.07) is 0. The van der Waals surface area contributed by atoms with Crippen molar-refractivity contribution in [2.45, 2.75) is 6.92 Å². The molecule has 0 aliphatic rings. The Bertz CT molecular complexity index is 677. The minimum absolute atomic E-state index is 0.176. The Labute approximate surface area is 134 Å². The van der Waals surface area contributed by atoms with Gasteiger partial charge in [0.2, 0.25) is 0 Å². The van der Waals surface area contributed by atoms with Crippen LogP contribution in [-0.2, 0) is 19.4 Å². The number of rotatable bonds is 4. The molecule has 0 amide bonds. The van der Waals surface area contributed by atoms with Gasteiger partial charge in [0.15, 0.2) is 0 Å². The van der Waals surface area contributed by atoms with E-state index < -0.39 is 5.24 Å². The second-order valence-corrected chi connectivity index (χ2v) is 6.39. The first-order valence-electron chi connectivity index (χ1n) is 5.06. The molecule has 2 aromatic rings. The fourth-order valence-electron chi connectivity index (χ4n) is 1.33. The molecular formula is C11H7Cl2N3OSW. The predicted octanol–water partition coefficient (Wildman–Crippen LogP) is 3.32. The number of thiazole rings is 1. The van der Waals surface area contributed by atoms with E-state index in [4.69, 9.17) is 23.2 Å². The summed E-state index contributed by atoms with van der Waals surface area (Å²) in [6.07, 6.45) is 3.55. The van der Waals surface area contributed by atoms with Crippen LogP contribution < -0.4 is 0 Å². The van der Waals surface area contributed by atoms with E-state index in [9.17, 15) is 4.79 Å². The van der Waals surface area contributed by atoms with Crippen LogP contribution in [0.25, 0.3) is 17.5 Å². The number of hydrogen-bond donors (Lipinski definition) is 1. The van der Waals surface area contributed by atoms with Gasteiger partial charge in [0.25, 0.3) is 0 Å². The van der Waals surface area contributed by atoms with E-state index in [0.29, 0.717) is 21.5 Å². The quantitative estimate of drug-likeness (QED) is 0.679. The van der Waals surface area contributed by atoms with Crippen molar-refractivity contribution in [1.29, 1.82) is 0 Å². The van der Waals surface area contributed by atoms with Crippen molar-refractivity contribution in [2.75, 3.05) is 0 Å². The molecule has 0 saturated heterocycles. The van der Waals surface area contributed by atoms with E-state index in [1.54, 1.807) is 6.20 Å². The van der Waals surface area contributed by atoms with Crippen molar-refractivity contribution in [3.8, 4) is 11.4 Å². The minimum atomic E-state index is -0.614. The number of carbonyl (C=O) groups excluding carboxylic acids is 1. The molecule has 1 N–H and O–H groups in total. The molecule has 8 heteroatoms. The number of halogens is 2. The maximum absolute atomic E-state index is 11.0. The zero-order valence-electron chi connectivity index (χ0n) is 9.61. The van der Waals surface area contributed by atoms with Gasteiger partial charge >= 0.3 is 135 Å². The van der Waals surface area contributed by atoms with Gasteiger partial charge < -0.3 is 0 Å². The zero-order chi connectivity index (χ0) is 14.0.